The quantitative estimate of drug-likeness (QED) is 0.806. The third-order valence-electron chi connectivity index (χ3n) is 3.86. The van der Waals surface area contributed by atoms with Crippen LogP contribution in [0.5, 0.6) is 0 Å². The van der Waals surface area contributed by atoms with Gasteiger partial charge in [-0.05, 0) is 58.3 Å². The van der Waals surface area contributed by atoms with Crippen LogP contribution in [0.15, 0.2) is 0 Å². The highest BCUT2D eigenvalue weighted by Gasteiger charge is 2.63. The largest absolute Gasteiger partial charge is 0.406 e. The molecule has 1 saturated carbocycles. The van der Waals surface area contributed by atoms with Crippen molar-refractivity contribution < 1.29 is 13.2 Å². The van der Waals surface area contributed by atoms with Crippen molar-refractivity contribution in [1.82, 2.24) is 10.2 Å². The van der Waals surface area contributed by atoms with E-state index in [9.17, 15) is 13.2 Å². The Hall–Kier alpha value is -0.290. The molecule has 1 heterocycles. The lowest BCUT2D eigenvalue weighted by Crippen LogP contribution is -2.47. The summed E-state index contributed by atoms with van der Waals surface area (Å²) in [6.07, 6.45) is -1.54. The summed E-state index contributed by atoms with van der Waals surface area (Å²) in [5, 5.41) is 2.75. The molecular weight excluding hydrogens is 217 g/mol. The zero-order chi connectivity index (χ0) is 11.8. The van der Waals surface area contributed by atoms with E-state index in [0.717, 1.165) is 25.9 Å². The van der Waals surface area contributed by atoms with Gasteiger partial charge in [0.25, 0.3) is 0 Å². The van der Waals surface area contributed by atoms with Crippen molar-refractivity contribution in [2.24, 2.45) is 5.92 Å². The highest BCUT2D eigenvalue weighted by molar-refractivity contribution is 5.08. The first-order valence-corrected chi connectivity index (χ1v) is 5.93. The van der Waals surface area contributed by atoms with Gasteiger partial charge in [-0.2, -0.15) is 13.2 Å². The minimum atomic E-state index is -4.07. The van der Waals surface area contributed by atoms with Crippen LogP contribution in [0.4, 0.5) is 13.2 Å². The third-order valence-corrected chi connectivity index (χ3v) is 3.86. The minimum Gasteiger partial charge on any atom is -0.306 e. The molecule has 0 spiro atoms. The van der Waals surface area contributed by atoms with Gasteiger partial charge in [0.1, 0.15) is 5.54 Å². The van der Waals surface area contributed by atoms with E-state index in [2.05, 4.69) is 17.3 Å². The van der Waals surface area contributed by atoms with Gasteiger partial charge in [-0.15, -0.1) is 0 Å². The highest BCUT2D eigenvalue weighted by atomic mass is 19.4. The second-order valence-electron chi connectivity index (χ2n) is 5.21. The fraction of sp³-hybridized carbons (Fsp3) is 1.00. The molecule has 1 saturated heterocycles. The van der Waals surface area contributed by atoms with Gasteiger partial charge in [0, 0.05) is 0 Å². The molecule has 1 aliphatic carbocycles. The molecule has 0 unspecified atom stereocenters. The SMILES string of the molecule is CN1CCC(CNC2(C(F)(F)F)CC2)CC1. The molecule has 1 aliphatic heterocycles. The number of hydrogen-bond donors (Lipinski definition) is 1. The fourth-order valence-corrected chi connectivity index (χ4v) is 2.29. The highest BCUT2D eigenvalue weighted by Crippen LogP contribution is 2.49. The normalized spacial score (nSPS) is 27.0. The van der Waals surface area contributed by atoms with E-state index in [0.29, 0.717) is 12.5 Å². The second kappa shape index (κ2) is 4.18. The standard InChI is InChI=1S/C11H19F3N2/c1-16-6-2-9(3-7-16)8-15-10(4-5-10)11(12,13)14/h9,15H,2-8H2,1H3. The summed E-state index contributed by atoms with van der Waals surface area (Å²) in [5.41, 5.74) is -1.53. The van der Waals surface area contributed by atoms with Crippen molar-refractivity contribution in [2.45, 2.75) is 37.4 Å². The molecule has 0 atom stereocenters. The van der Waals surface area contributed by atoms with Gasteiger partial charge in [-0.25, -0.2) is 0 Å². The van der Waals surface area contributed by atoms with Crippen molar-refractivity contribution in [3.8, 4) is 0 Å². The molecule has 2 fully saturated rings. The van der Waals surface area contributed by atoms with E-state index in [4.69, 9.17) is 0 Å². The van der Waals surface area contributed by atoms with Crippen LogP contribution in [0.25, 0.3) is 0 Å². The van der Waals surface area contributed by atoms with Crippen molar-refractivity contribution in [1.29, 1.82) is 0 Å². The maximum atomic E-state index is 12.6. The van der Waals surface area contributed by atoms with E-state index in [1.54, 1.807) is 0 Å². The van der Waals surface area contributed by atoms with Crippen LogP contribution in [0.3, 0.4) is 0 Å². The number of halogens is 3. The Morgan fingerprint density at radius 1 is 1.25 bits per heavy atom. The smallest absolute Gasteiger partial charge is 0.306 e. The third kappa shape index (κ3) is 2.51. The van der Waals surface area contributed by atoms with Gasteiger partial charge in [0.2, 0.25) is 0 Å². The zero-order valence-electron chi connectivity index (χ0n) is 9.61. The minimum absolute atomic E-state index is 0.253. The Morgan fingerprint density at radius 2 is 1.81 bits per heavy atom. The van der Waals surface area contributed by atoms with Crippen molar-refractivity contribution in [3.63, 3.8) is 0 Å². The average Bonchev–Trinajstić information content (AvgIpc) is 2.97. The molecular formula is C11H19F3N2. The van der Waals surface area contributed by atoms with Crippen LogP contribution < -0.4 is 5.32 Å². The number of rotatable bonds is 3. The van der Waals surface area contributed by atoms with Crippen LogP contribution in [-0.2, 0) is 0 Å². The number of nitrogens with zero attached hydrogens (tertiary/aromatic N) is 1. The molecule has 5 heteroatoms. The van der Waals surface area contributed by atoms with E-state index >= 15 is 0 Å². The maximum absolute atomic E-state index is 12.6. The average molecular weight is 236 g/mol. The van der Waals surface area contributed by atoms with Gasteiger partial charge < -0.3 is 10.2 Å². The van der Waals surface area contributed by atoms with Crippen molar-refractivity contribution in [3.05, 3.63) is 0 Å². The molecule has 0 aromatic heterocycles. The molecule has 0 radical (unpaired) electrons. The molecule has 0 bridgehead atoms. The first-order chi connectivity index (χ1) is 7.43. The first kappa shape index (κ1) is 12.2. The summed E-state index contributed by atoms with van der Waals surface area (Å²) in [7, 11) is 2.06. The lowest BCUT2D eigenvalue weighted by atomic mass is 9.96. The summed E-state index contributed by atoms with van der Waals surface area (Å²) in [5.74, 6) is 0.413. The van der Waals surface area contributed by atoms with Crippen LogP contribution in [0.1, 0.15) is 25.7 Å². The fourth-order valence-electron chi connectivity index (χ4n) is 2.29. The van der Waals surface area contributed by atoms with Crippen LogP contribution >= 0.6 is 0 Å². The molecule has 2 rings (SSSR count). The summed E-state index contributed by atoms with van der Waals surface area (Å²) < 4.78 is 37.9. The number of alkyl halides is 3. The van der Waals surface area contributed by atoms with Crippen LogP contribution in [0, 0.1) is 5.92 Å². The number of hydrogen-bond acceptors (Lipinski definition) is 2. The van der Waals surface area contributed by atoms with Gasteiger partial charge in [0.15, 0.2) is 0 Å². The Balaban J connectivity index is 1.76. The molecule has 0 aromatic carbocycles. The van der Waals surface area contributed by atoms with E-state index < -0.39 is 11.7 Å². The van der Waals surface area contributed by atoms with Crippen LogP contribution in [-0.4, -0.2) is 43.3 Å². The van der Waals surface area contributed by atoms with Gasteiger partial charge in [0.05, 0.1) is 0 Å². The summed E-state index contributed by atoms with van der Waals surface area (Å²) >= 11 is 0. The monoisotopic (exact) mass is 236 g/mol. The predicted octanol–water partition coefficient (Wildman–Crippen LogP) is 2.01. The molecule has 16 heavy (non-hydrogen) atoms. The van der Waals surface area contributed by atoms with Gasteiger partial charge in [-0.1, -0.05) is 0 Å². The Labute approximate surface area is 94.2 Å². The molecule has 1 N–H and O–H groups in total. The Kier molecular flexibility index (Phi) is 3.18. The number of likely N-dealkylation sites (tertiary alicyclic amines) is 1. The van der Waals surface area contributed by atoms with E-state index in [-0.39, 0.29) is 12.8 Å². The number of nitrogens with one attached hydrogen (secondary N) is 1. The lowest BCUT2D eigenvalue weighted by molar-refractivity contribution is -0.166. The van der Waals surface area contributed by atoms with Gasteiger partial charge in [-0.3, -0.25) is 0 Å². The van der Waals surface area contributed by atoms with Gasteiger partial charge >= 0.3 is 6.18 Å². The Bertz CT molecular complexity index is 240. The maximum Gasteiger partial charge on any atom is 0.406 e. The molecule has 94 valence electrons. The topological polar surface area (TPSA) is 15.3 Å². The van der Waals surface area contributed by atoms with E-state index in [1.807, 2.05) is 0 Å². The second-order valence-corrected chi connectivity index (χ2v) is 5.21. The lowest BCUT2D eigenvalue weighted by Gasteiger charge is -2.31. The van der Waals surface area contributed by atoms with E-state index in [1.165, 1.54) is 0 Å². The first-order valence-electron chi connectivity index (χ1n) is 5.93. The number of piperidine rings is 1. The molecule has 0 amide bonds. The van der Waals surface area contributed by atoms with Crippen LogP contribution in [0.2, 0.25) is 0 Å². The zero-order valence-corrected chi connectivity index (χ0v) is 9.61. The van der Waals surface area contributed by atoms with Crippen molar-refractivity contribution in [2.75, 3.05) is 26.7 Å². The Morgan fingerprint density at radius 3 is 2.25 bits per heavy atom. The predicted molar refractivity (Wildman–Crippen MR) is 56.2 cm³/mol. The summed E-state index contributed by atoms with van der Waals surface area (Å²) in [6, 6.07) is 0. The summed E-state index contributed by atoms with van der Waals surface area (Å²) in [6.45, 7) is 2.53. The molecule has 0 aromatic rings. The summed E-state index contributed by atoms with van der Waals surface area (Å²) in [4.78, 5) is 2.23. The van der Waals surface area contributed by atoms with Crippen molar-refractivity contribution >= 4 is 0 Å². The molecule has 2 nitrogen and oxygen atoms in total. The molecule has 2 aliphatic rings.